The first-order valence-corrected chi connectivity index (χ1v) is 9.68. The highest BCUT2D eigenvalue weighted by Crippen LogP contribution is 2.26. The highest BCUT2D eigenvalue weighted by atomic mass is 79.9. The molecule has 0 aliphatic carbocycles. The smallest absolute Gasteiger partial charge is 0.377 e. The lowest BCUT2D eigenvalue weighted by Crippen LogP contribution is -2.42. The lowest BCUT2D eigenvalue weighted by molar-refractivity contribution is -0.120. The second kappa shape index (κ2) is 9.89. The van der Waals surface area contributed by atoms with E-state index < -0.39 is 8.80 Å². The summed E-state index contributed by atoms with van der Waals surface area (Å²) in [5.74, 6) is 0.0836. The molecule has 7 heteroatoms. The van der Waals surface area contributed by atoms with Gasteiger partial charge in [0.25, 0.3) is 0 Å². The monoisotopic (exact) mass is 369 g/mol. The van der Waals surface area contributed by atoms with Gasteiger partial charge in [0.2, 0.25) is 5.91 Å². The van der Waals surface area contributed by atoms with E-state index in [-0.39, 0.29) is 10.2 Å². The van der Waals surface area contributed by atoms with Crippen LogP contribution in [0.2, 0.25) is 6.04 Å². The van der Waals surface area contributed by atoms with Crippen LogP contribution in [-0.2, 0) is 18.1 Å². The van der Waals surface area contributed by atoms with Crippen LogP contribution in [0.4, 0.5) is 0 Å². The van der Waals surface area contributed by atoms with Gasteiger partial charge in [0, 0.05) is 44.7 Å². The molecular weight excluding hydrogens is 342 g/mol. The largest absolute Gasteiger partial charge is 0.500 e. The van der Waals surface area contributed by atoms with Crippen LogP contribution < -0.4 is 5.32 Å². The Bertz CT molecular complexity index is 277. The minimum atomic E-state index is -2.44. The molecule has 0 aliphatic rings. The van der Waals surface area contributed by atoms with Gasteiger partial charge in [-0.15, -0.1) is 0 Å². The van der Waals surface area contributed by atoms with Crippen molar-refractivity contribution >= 4 is 30.6 Å². The van der Waals surface area contributed by atoms with Gasteiger partial charge in [-0.1, -0.05) is 29.3 Å². The van der Waals surface area contributed by atoms with Crippen molar-refractivity contribution in [3.05, 3.63) is 0 Å². The lowest BCUT2D eigenvalue weighted by atomic mass is 10.0. The predicted octanol–water partition coefficient (Wildman–Crippen LogP) is 2.71. The van der Waals surface area contributed by atoms with Crippen molar-refractivity contribution < 1.29 is 18.1 Å². The van der Waals surface area contributed by atoms with E-state index >= 15 is 0 Å². The van der Waals surface area contributed by atoms with Gasteiger partial charge in [-0.3, -0.25) is 4.79 Å². The Kier molecular flexibility index (Phi) is 9.91. The highest BCUT2D eigenvalue weighted by molar-refractivity contribution is 9.10. The van der Waals surface area contributed by atoms with Crippen molar-refractivity contribution in [1.82, 2.24) is 5.32 Å². The van der Waals surface area contributed by atoms with Gasteiger partial charge in [0.15, 0.2) is 0 Å². The second-order valence-electron chi connectivity index (χ2n) is 5.05. The molecule has 120 valence electrons. The van der Waals surface area contributed by atoms with Crippen molar-refractivity contribution in [1.29, 1.82) is 0 Å². The van der Waals surface area contributed by atoms with E-state index in [1.54, 1.807) is 21.3 Å². The quantitative estimate of drug-likeness (QED) is 0.345. The van der Waals surface area contributed by atoms with Crippen molar-refractivity contribution in [3.8, 4) is 0 Å². The molecule has 1 amide bonds. The molecule has 0 radical (unpaired) electrons. The van der Waals surface area contributed by atoms with Crippen LogP contribution in [-0.4, -0.2) is 46.9 Å². The fraction of sp³-hybridized carbons (Fsp3) is 0.923. The van der Waals surface area contributed by atoms with Crippen molar-refractivity contribution in [2.75, 3.05) is 27.9 Å². The fourth-order valence-corrected chi connectivity index (χ4v) is 4.10. The Hall–Kier alpha value is 0.0469. The van der Waals surface area contributed by atoms with Crippen molar-refractivity contribution in [2.24, 2.45) is 0 Å². The Morgan fingerprint density at radius 1 is 1.20 bits per heavy atom. The van der Waals surface area contributed by atoms with Crippen LogP contribution in [0.3, 0.4) is 0 Å². The summed E-state index contributed by atoms with van der Waals surface area (Å²) < 4.78 is 16.1. The zero-order chi connectivity index (χ0) is 15.6. The van der Waals surface area contributed by atoms with Gasteiger partial charge >= 0.3 is 8.80 Å². The highest BCUT2D eigenvalue weighted by Gasteiger charge is 2.37. The van der Waals surface area contributed by atoms with Gasteiger partial charge in [-0.25, -0.2) is 0 Å². The second-order valence-corrected chi connectivity index (χ2v) is 10.1. The Labute approximate surface area is 132 Å². The Morgan fingerprint density at radius 2 is 1.75 bits per heavy atom. The molecule has 1 N–H and O–H groups in total. The first-order chi connectivity index (χ1) is 9.34. The molecule has 0 heterocycles. The molecule has 1 atom stereocenters. The van der Waals surface area contributed by atoms with E-state index in [1.165, 1.54) is 0 Å². The average molecular weight is 370 g/mol. The number of alkyl halides is 1. The van der Waals surface area contributed by atoms with Gasteiger partial charge in [0.1, 0.15) is 0 Å². The summed E-state index contributed by atoms with van der Waals surface area (Å²) in [5, 5.41) is 2.91. The number of unbranched alkanes of at least 4 members (excludes halogenated alkanes) is 1. The molecule has 5 nitrogen and oxygen atoms in total. The maximum absolute atomic E-state index is 11.3. The van der Waals surface area contributed by atoms with Crippen LogP contribution in [0.15, 0.2) is 0 Å². The van der Waals surface area contributed by atoms with Crippen LogP contribution in [0.25, 0.3) is 0 Å². The summed E-state index contributed by atoms with van der Waals surface area (Å²) >= 11 is 3.67. The van der Waals surface area contributed by atoms with Crippen molar-refractivity contribution in [2.45, 2.75) is 49.9 Å². The van der Waals surface area contributed by atoms with E-state index in [0.717, 1.165) is 25.3 Å². The molecular formula is C13H28BrNO4Si. The van der Waals surface area contributed by atoms with Gasteiger partial charge < -0.3 is 18.6 Å². The first-order valence-electron chi connectivity index (χ1n) is 6.96. The molecule has 0 fully saturated rings. The Morgan fingerprint density at radius 3 is 2.20 bits per heavy atom. The molecule has 0 saturated heterocycles. The number of hydrogen-bond donors (Lipinski definition) is 1. The SMILES string of the molecule is CCC(=O)NCC(C)(Br)CCCC[Si](OC)(OC)OC. The predicted molar refractivity (Wildman–Crippen MR) is 86.1 cm³/mol. The standard InChI is InChI=1S/C13H28BrNO4Si/c1-6-12(16)15-11-13(2,14)9-7-8-10-20(17-3,18-4)19-5/h6-11H2,1-5H3,(H,15,16). The third kappa shape index (κ3) is 7.73. The zero-order valence-corrected chi connectivity index (χ0v) is 15.8. The molecule has 0 rings (SSSR count). The normalized spacial score (nSPS) is 14.9. The van der Waals surface area contributed by atoms with Crippen LogP contribution in [0, 0.1) is 0 Å². The number of halogens is 1. The van der Waals surface area contributed by atoms with E-state index in [1.807, 2.05) is 6.92 Å². The van der Waals surface area contributed by atoms with E-state index in [9.17, 15) is 4.79 Å². The molecule has 20 heavy (non-hydrogen) atoms. The fourth-order valence-electron chi connectivity index (χ4n) is 1.89. The minimum absolute atomic E-state index is 0.0741. The molecule has 0 bridgehead atoms. The first kappa shape index (κ1) is 20.0. The maximum Gasteiger partial charge on any atom is 0.500 e. The summed E-state index contributed by atoms with van der Waals surface area (Å²) in [5.41, 5.74) is 0. The van der Waals surface area contributed by atoms with Crippen LogP contribution in [0.1, 0.15) is 39.5 Å². The lowest BCUT2D eigenvalue weighted by Gasteiger charge is -2.26. The topological polar surface area (TPSA) is 56.8 Å². The van der Waals surface area contributed by atoms with Crippen LogP contribution in [0.5, 0.6) is 0 Å². The minimum Gasteiger partial charge on any atom is -0.377 e. The van der Waals surface area contributed by atoms with Crippen molar-refractivity contribution in [3.63, 3.8) is 0 Å². The number of amides is 1. The molecule has 0 saturated carbocycles. The summed E-state index contributed by atoms with van der Waals surface area (Å²) in [7, 11) is 2.46. The van der Waals surface area contributed by atoms with E-state index in [0.29, 0.717) is 13.0 Å². The molecule has 0 spiro atoms. The van der Waals surface area contributed by atoms with E-state index in [2.05, 4.69) is 28.2 Å². The summed E-state index contributed by atoms with van der Waals surface area (Å²) in [6.07, 6.45) is 3.49. The molecule has 1 unspecified atom stereocenters. The third-order valence-electron chi connectivity index (χ3n) is 3.34. The van der Waals surface area contributed by atoms with Gasteiger partial charge in [-0.2, -0.15) is 0 Å². The number of nitrogens with one attached hydrogen (secondary N) is 1. The van der Waals surface area contributed by atoms with Crippen LogP contribution >= 0.6 is 15.9 Å². The molecule has 0 aromatic heterocycles. The average Bonchev–Trinajstić information content (AvgIpc) is 2.46. The number of rotatable bonds is 11. The van der Waals surface area contributed by atoms with E-state index in [4.69, 9.17) is 13.3 Å². The zero-order valence-electron chi connectivity index (χ0n) is 13.3. The summed E-state index contributed by atoms with van der Waals surface area (Å²) in [6.45, 7) is 4.59. The number of hydrogen-bond acceptors (Lipinski definition) is 4. The van der Waals surface area contributed by atoms with Gasteiger partial charge in [-0.05, 0) is 19.8 Å². The van der Waals surface area contributed by atoms with Gasteiger partial charge in [0.05, 0.1) is 0 Å². The molecule has 0 aromatic rings. The maximum atomic E-state index is 11.3. The Balaban J connectivity index is 4.00. The number of carbonyl (C=O) groups is 1. The third-order valence-corrected chi connectivity index (χ3v) is 6.85. The summed E-state index contributed by atoms with van der Waals surface area (Å²) in [6, 6.07) is 0.806. The molecule has 0 aliphatic heterocycles. The number of carbonyl (C=O) groups excluding carboxylic acids is 1. The summed E-state index contributed by atoms with van der Waals surface area (Å²) in [4.78, 5) is 11.3. The molecule has 0 aromatic carbocycles.